The van der Waals surface area contributed by atoms with Crippen LogP contribution in [-0.4, -0.2) is 30.0 Å². The van der Waals surface area contributed by atoms with Crippen molar-refractivity contribution in [3.05, 3.63) is 79.5 Å². The normalized spacial score (nSPS) is 13.5. The van der Waals surface area contributed by atoms with E-state index in [9.17, 15) is 27.2 Å². The standard InChI is InChI=1S/C22H17ClFN5O5S2/c23-18-7-8-19(35-18)36(33,34)28-21(31)26-12-4-6-17(15(24)9-12)29-20(30)14-5-3-13(25-11-1-2-11)10-16(14)27-22(29)32/h3-11,25H,1-2H2,(H,27,32)(H2,26,28,31). The molecule has 1 saturated carbocycles. The van der Waals surface area contributed by atoms with Gasteiger partial charge in [-0.15, -0.1) is 11.3 Å². The molecule has 2 amide bonds. The number of rotatable bonds is 6. The summed E-state index contributed by atoms with van der Waals surface area (Å²) in [6.07, 6.45) is 2.11. The first-order valence-electron chi connectivity index (χ1n) is 10.6. The Morgan fingerprint density at radius 2 is 1.83 bits per heavy atom. The number of thiophene rings is 1. The Morgan fingerprint density at radius 1 is 1.08 bits per heavy atom. The number of fused-ring (bicyclic) bond motifs is 1. The third-order valence-electron chi connectivity index (χ3n) is 5.33. The highest BCUT2D eigenvalue weighted by molar-refractivity contribution is 7.92. The molecule has 5 rings (SSSR count). The predicted octanol–water partition coefficient (Wildman–Crippen LogP) is 3.62. The van der Waals surface area contributed by atoms with Gasteiger partial charge in [0.25, 0.3) is 15.6 Å². The van der Waals surface area contributed by atoms with E-state index >= 15 is 0 Å². The monoisotopic (exact) mass is 549 g/mol. The molecule has 2 aromatic heterocycles. The van der Waals surface area contributed by atoms with Gasteiger partial charge in [0.2, 0.25) is 0 Å². The first-order chi connectivity index (χ1) is 17.1. The molecule has 14 heteroatoms. The average molecular weight is 550 g/mol. The summed E-state index contributed by atoms with van der Waals surface area (Å²) in [5.74, 6) is -0.986. The number of carbonyl (C=O) groups is 1. The maximum absolute atomic E-state index is 14.9. The van der Waals surface area contributed by atoms with Crippen molar-refractivity contribution in [1.29, 1.82) is 0 Å². The number of benzene rings is 2. The number of urea groups is 1. The summed E-state index contributed by atoms with van der Waals surface area (Å²) >= 11 is 6.49. The number of carbonyl (C=O) groups excluding carboxylic acids is 1. The fraction of sp³-hybridized carbons (Fsp3) is 0.136. The van der Waals surface area contributed by atoms with Crippen molar-refractivity contribution in [1.82, 2.24) is 14.3 Å². The Hall–Kier alpha value is -3.68. The van der Waals surface area contributed by atoms with Crippen LogP contribution in [0, 0.1) is 5.82 Å². The highest BCUT2D eigenvalue weighted by Gasteiger charge is 2.22. The summed E-state index contributed by atoms with van der Waals surface area (Å²) < 4.78 is 41.9. The SMILES string of the molecule is O=C(Nc1ccc(-n2c(=O)[nH]c3cc(NC4CC4)ccc3c2=O)c(F)c1)NS(=O)(=O)c1ccc(Cl)s1. The van der Waals surface area contributed by atoms with E-state index in [1.807, 2.05) is 0 Å². The van der Waals surface area contributed by atoms with Crippen molar-refractivity contribution in [2.45, 2.75) is 23.1 Å². The summed E-state index contributed by atoms with van der Waals surface area (Å²) in [5, 5.41) is 5.67. The molecule has 1 fully saturated rings. The molecule has 0 spiro atoms. The molecule has 0 aliphatic heterocycles. The smallest absolute Gasteiger partial charge is 0.333 e. The predicted molar refractivity (Wildman–Crippen MR) is 135 cm³/mol. The molecule has 4 N–H and O–H groups in total. The molecule has 0 saturated heterocycles. The molecule has 10 nitrogen and oxygen atoms in total. The third kappa shape index (κ3) is 4.85. The zero-order valence-electron chi connectivity index (χ0n) is 18.2. The molecular formula is C22H17ClFN5O5S2. The zero-order chi connectivity index (χ0) is 25.6. The fourth-order valence-electron chi connectivity index (χ4n) is 3.53. The highest BCUT2D eigenvalue weighted by atomic mass is 35.5. The van der Waals surface area contributed by atoms with Gasteiger partial charge in [0.15, 0.2) is 0 Å². The number of halogens is 2. The lowest BCUT2D eigenvalue weighted by Crippen LogP contribution is -2.35. The lowest BCUT2D eigenvalue weighted by atomic mass is 10.2. The van der Waals surface area contributed by atoms with Gasteiger partial charge in [0.1, 0.15) is 10.0 Å². The van der Waals surface area contributed by atoms with E-state index < -0.39 is 33.1 Å². The van der Waals surface area contributed by atoms with Crippen molar-refractivity contribution in [3.63, 3.8) is 0 Å². The van der Waals surface area contributed by atoms with Crippen molar-refractivity contribution < 1.29 is 17.6 Å². The molecule has 4 aromatic rings. The molecule has 0 bridgehead atoms. The van der Waals surface area contributed by atoms with Gasteiger partial charge in [-0.2, -0.15) is 0 Å². The Kier molecular flexibility index (Phi) is 6.06. The second kappa shape index (κ2) is 9.08. The molecule has 186 valence electrons. The number of nitrogens with zero attached hydrogens (tertiary/aromatic N) is 1. The van der Waals surface area contributed by atoms with Crippen LogP contribution in [-0.2, 0) is 10.0 Å². The van der Waals surface area contributed by atoms with Crippen LogP contribution in [0.1, 0.15) is 12.8 Å². The van der Waals surface area contributed by atoms with E-state index in [1.54, 1.807) is 22.9 Å². The maximum Gasteiger partial charge on any atom is 0.333 e. The van der Waals surface area contributed by atoms with Crippen LogP contribution in [0.2, 0.25) is 4.34 Å². The topological polar surface area (TPSA) is 142 Å². The van der Waals surface area contributed by atoms with Gasteiger partial charge >= 0.3 is 11.7 Å². The number of aromatic amines is 1. The van der Waals surface area contributed by atoms with Crippen molar-refractivity contribution in [3.8, 4) is 5.69 Å². The van der Waals surface area contributed by atoms with Gasteiger partial charge in [-0.05, 0) is 61.4 Å². The van der Waals surface area contributed by atoms with Crippen LogP contribution in [0.15, 0.2) is 62.3 Å². The molecule has 0 radical (unpaired) electrons. The molecule has 0 atom stereocenters. The number of H-pyrrole nitrogens is 1. The van der Waals surface area contributed by atoms with Crippen LogP contribution in [0.3, 0.4) is 0 Å². The number of aromatic nitrogens is 2. The van der Waals surface area contributed by atoms with Crippen molar-refractivity contribution in [2.75, 3.05) is 10.6 Å². The fourth-order valence-corrected chi connectivity index (χ4v) is 5.92. The Bertz CT molecular complexity index is 1740. The van der Waals surface area contributed by atoms with E-state index in [2.05, 4.69) is 15.6 Å². The Labute approximate surface area is 211 Å². The summed E-state index contributed by atoms with van der Waals surface area (Å²) in [4.78, 5) is 40.4. The van der Waals surface area contributed by atoms with E-state index in [0.29, 0.717) is 16.1 Å². The number of hydrogen-bond donors (Lipinski definition) is 4. The van der Waals surface area contributed by atoms with E-state index in [-0.39, 0.29) is 25.3 Å². The van der Waals surface area contributed by atoms with E-state index in [1.165, 1.54) is 18.2 Å². The highest BCUT2D eigenvalue weighted by Crippen LogP contribution is 2.26. The molecule has 36 heavy (non-hydrogen) atoms. The number of sulfonamides is 1. The van der Waals surface area contributed by atoms with Gasteiger partial charge in [-0.25, -0.2) is 31.7 Å². The van der Waals surface area contributed by atoms with Gasteiger partial charge in [-0.3, -0.25) is 4.79 Å². The maximum atomic E-state index is 14.9. The quantitative estimate of drug-likeness (QED) is 0.289. The van der Waals surface area contributed by atoms with Crippen LogP contribution < -0.4 is 26.6 Å². The Morgan fingerprint density at radius 3 is 2.50 bits per heavy atom. The van der Waals surface area contributed by atoms with E-state index in [4.69, 9.17) is 11.6 Å². The summed E-state index contributed by atoms with van der Waals surface area (Å²) in [7, 11) is -4.18. The Balaban J connectivity index is 1.39. The minimum atomic E-state index is -4.18. The first kappa shape index (κ1) is 24.0. The lowest BCUT2D eigenvalue weighted by Gasteiger charge is -2.11. The minimum Gasteiger partial charge on any atom is -0.382 e. The van der Waals surface area contributed by atoms with Crippen LogP contribution >= 0.6 is 22.9 Å². The second-order valence-corrected chi connectivity index (χ2v) is 11.7. The van der Waals surface area contributed by atoms with E-state index in [0.717, 1.165) is 42.0 Å². The summed E-state index contributed by atoms with van der Waals surface area (Å²) in [6.45, 7) is 0. The van der Waals surface area contributed by atoms with Gasteiger partial charge in [-0.1, -0.05) is 11.6 Å². The average Bonchev–Trinajstić information content (AvgIpc) is 3.50. The van der Waals surface area contributed by atoms with Crippen LogP contribution in [0.4, 0.5) is 20.6 Å². The largest absolute Gasteiger partial charge is 0.382 e. The minimum absolute atomic E-state index is 0.103. The number of amides is 2. The molecule has 0 unspecified atom stereocenters. The van der Waals surface area contributed by atoms with Gasteiger partial charge in [0.05, 0.1) is 20.9 Å². The molecule has 1 aliphatic carbocycles. The second-order valence-electron chi connectivity index (χ2n) is 8.03. The number of anilines is 2. The number of nitrogens with one attached hydrogen (secondary N) is 4. The van der Waals surface area contributed by atoms with Crippen molar-refractivity contribution >= 4 is 61.3 Å². The van der Waals surface area contributed by atoms with Gasteiger partial charge in [0, 0.05) is 17.4 Å². The molecular weight excluding hydrogens is 533 g/mol. The third-order valence-corrected chi connectivity index (χ3v) is 8.39. The van der Waals surface area contributed by atoms with Crippen LogP contribution in [0.25, 0.3) is 16.6 Å². The molecule has 2 heterocycles. The summed E-state index contributed by atoms with van der Waals surface area (Å²) in [6, 6.07) is 9.99. The van der Waals surface area contributed by atoms with Gasteiger partial charge < -0.3 is 15.6 Å². The van der Waals surface area contributed by atoms with Crippen molar-refractivity contribution in [2.24, 2.45) is 0 Å². The zero-order valence-corrected chi connectivity index (χ0v) is 20.6. The summed E-state index contributed by atoms with van der Waals surface area (Å²) in [5.41, 5.74) is -0.916. The van der Waals surface area contributed by atoms with Crippen LogP contribution in [0.5, 0.6) is 0 Å². The molecule has 2 aromatic carbocycles. The first-order valence-corrected chi connectivity index (χ1v) is 13.2. The number of hydrogen-bond acceptors (Lipinski definition) is 7. The molecule has 1 aliphatic rings. The lowest BCUT2D eigenvalue weighted by molar-refractivity contribution is 0.256.